The lowest BCUT2D eigenvalue weighted by Crippen LogP contribution is -2.50. The second-order valence-corrected chi connectivity index (χ2v) is 5.51. The van der Waals surface area contributed by atoms with E-state index in [9.17, 15) is 9.59 Å². The molecule has 23 heavy (non-hydrogen) atoms. The number of carbonyl (C=O) groups is 2. The van der Waals surface area contributed by atoms with Crippen LogP contribution in [0.4, 0.5) is 4.79 Å². The molecule has 8 heteroatoms. The third-order valence-corrected chi connectivity index (χ3v) is 3.74. The van der Waals surface area contributed by atoms with Gasteiger partial charge in [0.25, 0.3) is 5.88 Å². The van der Waals surface area contributed by atoms with Crippen LogP contribution in [0.1, 0.15) is 12.8 Å². The maximum Gasteiger partial charge on any atom is 0.324 e. The Kier molecular flexibility index (Phi) is 4.92. The van der Waals surface area contributed by atoms with Gasteiger partial charge < -0.3 is 19.7 Å². The van der Waals surface area contributed by atoms with Crippen molar-refractivity contribution in [1.29, 1.82) is 0 Å². The first kappa shape index (κ1) is 15.5. The van der Waals surface area contributed by atoms with Crippen LogP contribution in [0.15, 0.2) is 18.3 Å². The molecule has 2 aliphatic heterocycles. The van der Waals surface area contributed by atoms with Gasteiger partial charge in [0.05, 0.1) is 0 Å². The summed E-state index contributed by atoms with van der Waals surface area (Å²) in [4.78, 5) is 28.4. The lowest BCUT2D eigenvalue weighted by molar-refractivity contribution is -0.121. The quantitative estimate of drug-likeness (QED) is 0.725. The number of imide groups is 1. The average Bonchev–Trinajstić information content (AvgIpc) is 2.56. The molecule has 2 N–H and O–H groups in total. The highest BCUT2D eigenvalue weighted by atomic mass is 16.6. The summed E-state index contributed by atoms with van der Waals surface area (Å²) in [5.74, 6) is 1.00. The van der Waals surface area contributed by atoms with E-state index in [4.69, 9.17) is 9.47 Å². The number of fused-ring (bicyclic) bond motifs is 1. The van der Waals surface area contributed by atoms with E-state index in [1.165, 1.54) is 0 Å². The van der Waals surface area contributed by atoms with Crippen LogP contribution < -0.4 is 20.1 Å². The molecule has 3 heterocycles. The molecule has 0 aromatic carbocycles. The van der Waals surface area contributed by atoms with Crippen molar-refractivity contribution in [2.24, 2.45) is 0 Å². The van der Waals surface area contributed by atoms with E-state index in [0.29, 0.717) is 44.3 Å². The van der Waals surface area contributed by atoms with Crippen molar-refractivity contribution in [3.8, 4) is 11.6 Å². The topological polar surface area (TPSA) is 92.8 Å². The van der Waals surface area contributed by atoms with Gasteiger partial charge in [0.2, 0.25) is 5.91 Å². The van der Waals surface area contributed by atoms with Crippen molar-refractivity contribution in [3.05, 3.63) is 18.3 Å². The molecule has 2 aliphatic rings. The number of amides is 3. The number of hydrogen-bond donors (Lipinski definition) is 2. The Morgan fingerprint density at radius 1 is 1.43 bits per heavy atom. The summed E-state index contributed by atoms with van der Waals surface area (Å²) in [5.41, 5.74) is 0. The summed E-state index contributed by atoms with van der Waals surface area (Å²) in [7, 11) is 0. The Morgan fingerprint density at radius 2 is 2.35 bits per heavy atom. The molecular weight excluding hydrogens is 300 g/mol. The maximum absolute atomic E-state index is 11.6. The van der Waals surface area contributed by atoms with E-state index in [0.717, 1.165) is 13.0 Å². The molecule has 0 saturated carbocycles. The maximum atomic E-state index is 11.6. The molecule has 0 radical (unpaired) electrons. The Morgan fingerprint density at radius 3 is 3.22 bits per heavy atom. The third kappa shape index (κ3) is 4.10. The number of ether oxygens (including phenoxy) is 2. The van der Waals surface area contributed by atoms with Gasteiger partial charge in [-0.05, 0) is 25.1 Å². The summed E-state index contributed by atoms with van der Waals surface area (Å²) < 4.78 is 11.3. The Bertz CT molecular complexity index is 580. The molecule has 1 aromatic heterocycles. The number of nitrogens with one attached hydrogen (secondary N) is 2. The zero-order valence-electron chi connectivity index (χ0n) is 12.8. The lowest BCUT2D eigenvalue weighted by Gasteiger charge is -2.27. The van der Waals surface area contributed by atoms with E-state index in [1.54, 1.807) is 11.1 Å². The van der Waals surface area contributed by atoms with Gasteiger partial charge in [-0.3, -0.25) is 10.1 Å². The summed E-state index contributed by atoms with van der Waals surface area (Å²) >= 11 is 0. The fraction of sp³-hybridized carbons (Fsp3) is 0.533. The standard InChI is InChI=1S/C15H20N4O4/c20-13-4-8-19(15(21)18-13)7-2-5-16-9-11-10-22-12-3-1-6-17-14(12)23-11/h1,3,6,11,16H,2,4-5,7-10H2,(H,18,20,21)/t11-/m0/s1. The number of nitrogens with zero attached hydrogens (tertiary/aromatic N) is 2. The highest BCUT2D eigenvalue weighted by Crippen LogP contribution is 2.27. The van der Waals surface area contributed by atoms with E-state index in [2.05, 4.69) is 15.6 Å². The molecule has 0 aliphatic carbocycles. The molecule has 8 nitrogen and oxygen atoms in total. The Hall–Kier alpha value is -2.35. The van der Waals surface area contributed by atoms with Crippen LogP contribution in [-0.2, 0) is 4.79 Å². The average molecular weight is 320 g/mol. The van der Waals surface area contributed by atoms with E-state index in [1.807, 2.05) is 12.1 Å². The summed E-state index contributed by atoms with van der Waals surface area (Å²) in [6.07, 6.45) is 2.78. The van der Waals surface area contributed by atoms with Crippen LogP contribution in [0.2, 0.25) is 0 Å². The van der Waals surface area contributed by atoms with E-state index >= 15 is 0 Å². The third-order valence-electron chi connectivity index (χ3n) is 3.74. The monoisotopic (exact) mass is 320 g/mol. The zero-order chi connectivity index (χ0) is 16.1. The van der Waals surface area contributed by atoms with Crippen LogP contribution in [0.25, 0.3) is 0 Å². The first-order chi connectivity index (χ1) is 11.2. The van der Waals surface area contributed by atoms with Crippen molar-refractivity contribution < 1.29 is 19.1 Å². The molecule has 0 spiro atoms. The fourth-order valence-electron chi connectivity index (χ4n) is 2.52. The van der Waals surface area contributed by atoms with Gasteiger partial charge in [-0.1, -0.05) is 0 Å². The number of urea groups is 1. The number of aromatic nitrogens is 1. The fourth-order valence-corrected chi connectivity index (χ4v) is 2.52. The highest BCUT2D eigenvalue weighted by Gasteiger charge is 2.23. The minimum absolute atomic E-state index is 0.0756. The number of rotatable bonds is 6. The predicted molar refractivity (Wildman–Crippen MR) is 81.4 cm³/mol. The van der Waals surface area contributed by atoms with Crippen molar-refractivity contribution in [1.82, 2.24) is 20.5 Å². The summed E-state index contributed by atoms with van der Waals surface area (Å²) in [6, 6.07) is 3.35. The van der Waals surface area contributed by atoms with Crippen LogP contribution >= 0.6 is 0 Å². The Labute approximate surface area is 134 Å². The van der Waals surface area contributed by atoms with Gasteiger partial charge in [-0.15, -0.1) is 0 Å². The number of hydrogen-bond acceptors (Lipinski definition) is 6. The van der Waals surface area contributed by atoms with Crippen molar-refractivity contribution in [3.63, 3.8) is 0 Å². The van der Waals surface area contributed by atoms with Crippen LogP contribution in [0.5, 0.6) is 11.6 Å². The molecular formula is C15H20N4O4. The smallest absolute Gasteiger partial charge is 0.324 e. The Balaban J connectivity index is 1.32. The molecule has 1 fully saturated rings. The molecule has 3 amide bonds. The van der Waals surface area contributed by atoms with Crippen molar-refractivity contribution in [2.75, 3.05) is 32.8 Å². The van der Waals surface area contributed by atoms with E-state index < -0.39 is 0 Å². The summed E-state index contributed by atoms with van der Waals surface area (Å²) in [5, 5.41) is 5.61. The van der Waals surface area contributed by atoms with Crippen LogP contribution in [0.3, 0.4) is 0 Å². The largest absolute Gasteiger partial charge is 0.484 e. The minimum atomic E-state index is -0.298. The summed E-state index contributed by atoms with van der Waals surface area (Å²) in [6.45, 7) is 3.01. The second-order valence-electron chi connectivity index (χ2n) is 5.51. The molecule has 0 unspecified atom stereocenters. The first-order valence-corrected chi connectivity index (χ1v) is 7.76. The normalized spacial score (nSPS) is 20.3. The zero-order valence-corrected chi connectivity index (χ0v) is 12.8. The number of pyridine rings is 1. The SMILES string of the molecule is O=C1CCN(CCCNC[C@H]2COc3cccnc3O2)C(=O)N1. The molecule has 0 bridgehead atoms. The van der Waals surface area contributed by atoms with E-state index in [-0.39, 0.29) is 18.0 Å². The molecule has 124 valence electrons. The molecule has 1 atom stereocenters. The van der Waals surface area contributed by atoms with Gasteiger partial charge in [0.1, 0.15) is 12.7 Å². The first-order valence-electron chi connectivity index (χ1n) is 7.76. The van der Waals surface area contributed by atoms with Gasteiger partial charge in [0.15, 0.2) is 5.75 Å². The lowest BCUT2D eigenvalue weighted by atomic mass is 10.3. The molecule has 1 aromatic rings. The van der Waals surface area contributed by atoms with Crippen LogP contribution in [-0.4, -0.2) is 60.7 Å². The highest BCUT2D eigenvalue weighted by molar-refractivity contribution is 5.96. The van der Waals surface area contributed by atoms with Gasteiger partial charge in [-0.2, -0.15) is 0 Å². The van der Waals surface area contributed by atoms with Crippen molar-refractivity contribution >= 4 is 11.9 Å². The van der Waals surface area contributed by atoms with Crippen molar-refractivity contribution in [2.45, 2.75) is 18.9 Å². The molecule has 3 rings (SSSR count). The second kappa shape index (κ2) is 7.28. The van der Waals surface area contributed by atoms with Gasteiger partial charge in [0, 0.05) is 32.3 Å². The van der Waals surface area contributed by atoms with Gasteiger partial charge in [-0.25, -0.2) is 9.78 Å². The van der Waals surface area contributed by atoms with Gasteiger partial charge >= 0.3 is 6.03 Å². The van der Waals surface area contributed by atoms with Crippen LogP contribution in [0, 0.1) is 0 Å². The predicted octanol–water partition coefficient (Wildman–Crippen LogP) is 0.143. The minimum Gasteiger partial charge on any atom is -0.484 e. The molecule has 1 saturated heterocycles. The number of carbonyl (C=O) groups excluding carboxylic acids is 2.